The molecule has 26 nitrogen and oxygen atoms in total. The zero-order valence-electron chi connectivity index (χ0n) is 43.6. The highest BCUT2D eigenvalue weighted by Gasteiger charge is 2.34. The second kappa shape index (κ2) is 38.1. The van der Waals surface area contributed by atoms with Gasteiger partial charge in [-0.15, -0.1) is 0 Å². The van der Waals surface area contributed by atoms with Gasteiger partial charge in [-0.2, -0.15) is 0 Å². The van der Waals surface area contributed by atoms with Gasteiger partial charge < -0.3 is 78.7 Å². The first-order valence-electron chi connectivity index (χ1n) is 25.1. The van der Waals surface area contributed by atoms with Crippen molar-refractivity contribution in [3.05, 3.63) is 89.5 Å². The zero-order chi connectivity index (χ0) is 57.8. The van der Waals surface area contributed by atoms with Crippen molar-refractivity contribution in [2.24, 2.45) is 0 Å². The van der Waals surface area contributed by atoms with E-state index in [2.05, 4.69) is 46.1 Å². The van der Waals surface area contributed by atoms with E-state index in [0.717, 1.165) is 0 Å². The first kappa shape index (κ1) is 66.7. The molecular weight excluding hydrogens is 1090 g/mol. The first-order valence-corrected chi connectivity index (χ1v) is 28.4. The number of anilines is 3. The number of hydrogen-bond donors (Lipinski definition) is 9. The summed E-state index contributed by atoms with van der Waals surface area (Å²) in [6, 6.07) is 17.6. The molecule has 29 heteroatoms. The fourth-order valence-corrected chi connectivity index (χ4v) is 8.05. The van der Waals surface area contributed by atoms with E-state index in [1.54, 1.807) is 0 Å². The van der Waals surface area contributed by atoms with Crippen molar-refractivity contribution < 1.29 is 78.9 Å². The van der Waals surface area contributed by atoms with Gasteiger partial charge in [-0.3, -0.25) is 46.2 Å². The molecule has 0 spiro atoms. The van der Waals surface area contributed by atoms with Crippen LogP contribution in [-0.2, 0) is 72.0 Å². The summed E-state index contributed by atoms with van der Waals surface area (Å²) in [5, 5.41) is 16.6. The zero-order valence-corrected chi connectivity index (χ0v) is 46.1. The van der Waals surface area contributed by atoms with Crippen molar-refractivity contribution in [2.45, 2.75) is 83.1 Å². The molecule has 3 atom stereocenters. The summed E-state index contributed by atoms with van der Waals surface area (Å²) in [4.78, 5) is 101. The molecule has 0 aliphatic rings. The molecule has 3 aromatic rings. The quantitative estimate of drug-likeness (QED) is 0.0220. The van der Waals surface area contributed by atoms with E-state index in [9.17, 15) is 64.6 Å². The summed E-state index contributed by atoms with van der Waals surface area (Å²) >= 11 is -7.51. The molecule has 0 saturated heterocycles. The molecule has 3 rings (SSSR count). The van der Waals surface area contributed by atoms with E-state index >= 15 is 0 Å². The van der Waals surface area contributed by atoms with Crippen LogP contribution in [0, 0.1) is 0 Å². The summed E-state index contributed by atoms with van der Waals surface area (Å²) in [5.41, 5.74) is 0.512. The number of benzene rings is 3. The van der Waals surface area contributed by atoms with Crippen molar-refractivity contribution in [2.75, 3.05) is 86.5 Å². The molecule has 0 aliphatic heterocycles. The molecule has 0 heterocycles. The van der Waals surface area contributed by atoms with Crippen LogP contribution in [0.5, 0.6) is 0 Å². The Balaban J connectivity index is 1.53. The van der Waals surface area contributed by atoms with Crippen LogP contribution in [0.2, 0.25) is 0 Å². The monoisotopic (exact) mass is 1160 g/mol. The van der Waals surface area contributed by atoms with Gasteiger partial charge in [-0.25, -0.2) is 0 Å². The molecular formula is C50H68N9O17S3-3. The van der Waals surface area contributed by atoms with Gasteiger partial charge in [0.15, 0.2) is 5.78 Å². The first-order chi connectivity index (χ1) is 37.8. The molecule has 0 radical (unpaired) electrons. The third-order valence-electron chi connectivity index (χ3n) is 11.1. The molecule has 0 aliphatic carbocycles. The molecule has 3 unspecified atom stereocenters. The Morgan fingerprint density at radius 2 is 0.772 bits per heavy atom. The summed E-state index contributed by atoms with van der Waals surface area (Å²) in [6.07, 6.45) is 2.02. The van der Waals surface area contributed by atoms with E-state index in [1.807, 2.05) is 0 Å². The standard InChI is InChI=1S/C50H71N9O17S3/c1-36(60)7-4-9-47(65)56-50(33-74-30-22-44(62)51-25-3-2-8-43(61)37-10-16-40(17-11-37)57-77(68)69,34-75-31-23-45(63)52-26-5-28-54-48(66)38-12-18-41(19-13-38)58-78(70)71)35-76-32-24-46(64)53-27-6-29-55-49(67)39-14-20-42(21-15-39)59-79(72)73/h10-21,57-59H,2-9,22-35H2,1H3,(H,51,62)(H,52,63)(H,53,64)(H,54,66)(H,55,67)(H,56,65)(H,68,69)(H,70,71)(H,72,73)/p-3. The molecule has 3 aromatic carbocycles. The SMILES string of the molecule is CC(=O)CCCC(=O)NC(COCCC(=O)NCCCCC(=O)c1ccc(NS(=O)[O-])cc1)(COCCC(=O)NCCCNC(=O)c1ccc(NS(=O)[O-])cc1)COCCC(=O)NCCCNC(=O)c1ccc(NS(=O)[O-])cc1. The lowest BCUT2D eigenvalue weighted by Gasteiger charge is -2.34. The van der Waals surface area contributed by atoms with Gasteiger partial charge in [0.05, 0.1) is 39.6 Å². The Labute approximate surface area is 465 Å². The van der Waals surface area contributed by atoms with Crippen LogP contribution in [0.3, 0.4) is 0 Å². The number of carbonyl (C=O) groups excluding carboxylic acids is 8. The van der Waals surface area contributed by atoms with Crippen LogP contribution < -0.4 is 46.1 Å². The molecule has 436 valence electrons. The Kier molecular flexibility index (Phi) is 32.2. The summed E-state index contributed by atoms with van der Waals surface area (Å²) in [6.45, 7) is 1.49. The number of nitrogens with one attached hydrogen (secondary N) is 9. The maximum atomic E-state index is 13.4. The minimum Gasteiger partial charge on any atom is -0.755 e. The molecule has 6 amide bonds. The number of rotatable bonds is 42. The minimum absolute atomic E-state index is 0.0402. The topological polar surface area (TPSA) is 393 Å². The largest absolute Gasteiger partial charge is 0.755 e. The maximum Gasteiger partial charge on any atom is 0.251 e. The fourth-order valence-electron chi connectivity index (χ4n) is 7.07. The van der Waals surface area contributed by atoms with Crippen molar-refractivity contribution in [3.8, 4) is 0 Å². The predicted octanol–water partition coefficient (Wildman–Crippen LogP) is 1.48. The Hall–Kier alpha value is -6.57. The van der Waals surface area contributed by atoms with Crippen molar-refractivity contribution >= 4 is 97.9 Å². The average molecular weight is 1160 g/mol. The summed E-state index contributed by atoms with van der Waals surface area (Å²) in [5.74, 6) is -2.59. The van der Waals surface area contributed by atoms with Gasteiger partial charge in [0.2, 0.25) is 23.6 Å². The van der Waals surface area contributed by atoms with Gasteiger partial charge >= 0.3 is 0 Å². The highest BCUT2D eigenvalue weighted by Crippen LogP contribution is 2.15. The smallest absolute Gasteiger partial charge is 0.251 e. The van der Waals surface area contributed by atoms with Crippen LogP contribution in [0.15, 0.2) is 72.8 Å². The average Bonchev–Trinajstić information content (AvgIpc) is 3.39. The number of amides is 6. The molecule has 0 aromatic heterocycles. The van der Waals surface area contributed by atoms with Gasteiger partial charge in [-0.1, -0.05) is 0 Å². The summed E-state index contributed by atoms with van der Waals surface area (Å²) < 4.78 is 89.3. The van der Waals surface area contributed by atoms with Gasteiger partial charge in [0.1, 0.15) is 11.3 Å². The van der Waals surface area contributed by atoms with E-state index in [4.69, 9.17) is 14.2 Å². The number of ether oxygens (including phenoxy) is 3. The number of unbranched alkanes of at least 4 members (excludes halogenated alkanes) is 1. The lowest BCUT2D eigenvalue weighted by Crippen LogP contribution is -2.58. The predicted molar refractivity (Wildman–Crippen MR) is 290 cm³/mol. The van der Waals surface area contributed by atoms with Gasteiger partial charge in [0.25, 0.3) is 11.8 Å². The maximum absolute atomic E-state index is 13.4. The number of Topliss-reactive ketones (excluding diaryl/α,β-unsaturated/α-hetero) is 2. The Morgan fingerprint density at radius 1 is 0.418 bits per heavy atom. The fraction of sp³-hybridized carbons (Fsp3) is 0.480. The Bertz CT molecular complexity index is 2260. The van der Waals surface area contributed by atoms with E-state index in [0.29, 0.717) is 59.4 Å². The second-order valence-corrected chi connectivity index (χ2v) is 19.7. The van der Waals surface area contributed by atoms with Crippen molar-refractivity contribution in [3.63, 3.8) is 0 Å². The highest BCUT2D eigenvalue weighted by molar-refractivity contribution is 7.81. The number of hydrogen-bond acceptors (Lipinski definition) is 17. The third-order valence-corrected chi connectivity index (χ3v) is 12.3. The van der Waals surface area contributed by atoms with E-state index in [-0.39, 0.29) is 147 Å². The van der Waals surface area contributed by atoms with Crippen LogP contribution in [-0.4, -0.2) is 151 Å². The second-order valence-electron chi connectivity index (χ2n) is 17.7. The summed E-state index contributed by atoms with van der Waals surface area (Å²) in [7, 11) is 0. The lowest BCUT2D eigenvalue weighted by atomic mass is 10.0. The normalized spacial score (nSPS) is 12.8. The van der Waals surface area contributed by atoms with Crippen molar-refractivity contribution in [1.29, 1.82) is 0 Å². The number of carbonyl (C=O) groups is 8. The van der Waals surface area contributed by atoms with Crippen LogP contribution in [0.1, 0.15) is 109 Å². The van der Waals surface area contributed by atoms with Crippen LogP contribution >= 0.6 is 0 Å². The molecule has 9 N–H and O–H groups in total. The highest BCUT2D eigenvalue weighted by atomic mass is 32.2. The Morgan fingerprint density at radius 3 is 1.14 bits per heavy atom. The van der Waals surface area contributed by atoms with E-state index < -0.39 is 57.1 Å². The van der Waals surface area contributed by atoms with Crippen LogP contribution in [0.4, 0.5) is 17.1 Å². The minimum atomic E-state index is -2.51. The van der Waals surface area contributed by atoms with Gasteiger partial charge in [0, 0.05) is 139 Å². The van der Waals surface area contributed by atoms with Crippen molar-refractivity contribution in [1.82, 2.24) is 31.9 Å². The van der Waals surface area contributed by atoms with E-state index in [1.165, 1.54) is 79.7 Å². The van der Waals surface area contributed by atoms with Gasteiger partial charge in [-0.05, 0) is 112 Å². The molecule has 0 fully saturated rings. The third kappa shape index (κ3) is 30.4. The number of ketones is 2. The van der Waals surface area contributed by atoms with Crippen LogP contribution in [0.25, 0.3) is 0 Å². The molecule has 0 bridgehead atoms. The molecule has 0 saturated carbocycles. The lowest BCUT2D eigenvalue weighted by molar-refractivity contribution is -0.131. The molecule has 79 heavy (non-hydrogen) atoms.